The van der Waals surface area contributed by atoms with Crippen molar-refractivity contribution in [3.63, 3.8) is 0 Å². The smallest absolute Gasteiger partial charge is 0.331 e. The number of benzene rings is 2. The molecule has 0 unspecified atom stereocenters. The number of hydrogen-bond donors (Lipinski definition) is 2. The molecule has 5 rings (SSSR count). The first-order valence-electron chi connectivity index (χ1n) is 12.2. The molecule has 0 radical (unpaired) electrons. The predicted molar refractivity (Wildman–Crippen MR) is 139 cm³/mol. The number of aliphatic imine (C=N–C) groups is 1. The number of para-hydroxylation sites is 1. The maximum atomic E-state index is 13.0. The SMILES string of the molecule is CCOc1ccc([C@@H]2CC(c3c(O)n(C4CCCCC4)c(=O)[nH]c3=O)=Nc3ccccc3S2)cc1. The molecule has 1 fully saturated rings. The van der Waals surface area contributed by atoms with Crippen molar-refractivity contribution in [2.75, 3.05) is 6.61 Å². The molecule has 35 heavy (non-hydrogen) atoms. The molecule has 8 heteroatoms. The molecule has 0 spiro atoms. The fourth-order valence-corrected chi connectivity index (χ4v) is 6.21. The van der Waals surface area contributed by atoms with Gasteiger partial charge < -0.3 is 9.84 Å². The Kier molecular flexibility index (Phi) is 6.81. The second-order valence-corrected chi connectivity index (χ2v) is 10.2. The van der Waals surface area contributed by atoms with Crippen LogP contribution < -0.4 is 16.0 Å². The molecule has 2 aromatic carbocycles. The summed E-state index contributed by atoms with van der Waals surface area (Å²) in [6, 6.07) is 15.6. The zero-order valence-electron chi connectivity index (χ0n) is 19.7. The van der Waals surface area contributed by atoms with Gasteiger partial charge >= 0.3 is 5.69 Å². The number of nitrogens with one attached hydrogen (secondary N) is 1. The van der Waals surface area contributed by atoms with E-state index in [1.165, 1.54) is 4.57 Å². The van der Waals surface area contributed by atoms with E-state index in [1.807, 2.05) is 55.5 Å². The Balaban J connectivity index is 1.61. The summed E-state index contributed by atoms with van der Waals surface area (Å²) < 4.78 is 6.96. The van der Waals surface area contributed by atoms with Crippen LogP contribution in [0.4, 0.5) is 5.69 Å². The largest absolute Gasteiger partial charge is 0.494 e. The number of aromatic hydroxyl groups is 1. The number of H-pyrrole nitrogens is 1. The Bertz CT molecular complexity index is 1350. The molecule has 1 aromatic heterocycles. The number of nitrogens with zero attached hydrogens (tertiary/aromatic N) is 2. The lowest BCUT2D eigenvalue weighted by Gasteiger charge is -2.25. The number of hydrogen-bond acceptors (Lipinski definition) is 6. The topological polar surface area (TPSA) is 96.7 Å². The predicted octanol–water partition coefficient (Wildman–Crippen LogP) is 5.50. The van der Waals surface area contributed by atoms with Gasteiger partial charge in [-0.15, -0.1) is 11.8 Å². The van der Waals surface area contributed by atoms with Crippen molar-refractivity contribution >= 4 is 23.2 Å². The summed E-state index contributed by atoms with van der Waals surface area (Å²) in [4.78, 5) is 34.1. The van der Waals surface area contributed by atoms with Crippen molar-refractivity contribution in [3.8, 4) is 11.6 Å². The summed E-state index contributed by atoms with van der Waals surface area (Å²) in [5.74, 6) is 0.525. The fourth-order valence-electron chi connectivity index (χ4n) is 4.98. The Morgan fingerprint density at radius 3 is 2.57 bits per heavy atom. The summed E-state index contributed by atoms with van der Waals surface area (Å²) >= 11 is 1.68. The van der Waals surface area contributed by atoms with Crippen LogP contribution in [0.15, 0.2) is 68.0 Å². The third kappa shape index (κ3) is 4.80. The van der Waals surface area contributed by atoms with Crippen LogP contribution in [0.3, 0.4) is 0 Å². The average molecular weight is 492 g/mol. The van der Waals surface area contributed by atoms with Crippen LogP contribution in [-0.2, 0) is 0 Å². The third-order valence-corrected chi connectivity index (χ3v) is 8.00. The second kappa shape index (κ2) is 10.2. The Morgan fingerprint density at radius 1 is 1.09 bits per heavy atom. The van der Waals surface area contributed by atoms with E-state index in [2.05, 4.69) is 4.98 Å². The van der Waals surface area contributed by atoms with Gasteiger partial charge in [0.15, 0.2) is 0 Å². The highest BCUT2D eigenvalue weighted by atomic mass is 32.2. The van der Waals surface area contributed by atoms with Crippen LogP contribution in [0, 0.1) is 0 Å². The number of aromatic nitrogens is 2. The fraction of sp³-hybridized carbons (Fsp3) is 0.370. The van der Waals surface area contributed by atoms with Crippen molar-refractivity contribution in [2.45, 2.75) is 61.6 Å². The molecule has 2 N–H and O–H groups in total. The third-order valence-electron chi connectivity index (χ3n) is 6.68. The van der Waals surface area contributed by atoms with Gasteiger partial charge in [0.2, 0.25) is 5.88 Å². The van der Waals surface area contributed by atoms with Gasteiger partial charge in [0.05, 0.1) is 18.0 Å². The van der Waals surface area contributed by atoms with Gasteiger partial charge in [-0.3, -0.25) is 19.3 Å². The number of ether oxygens (including phenoxy) is 1. The molecule has 0 amide bonds. The molecule has 2 heterocycles. The number of aromatic amines is 1. The molecular formula is C27H29N3O4S. The standard InChI is InChI=1S/C27H29N3O4S/c1-2-34-19-14-12-17(13-15-19)23-16-21(28-20-10-6-7-11-22(20)35-23)24-25(31)29-27(33)30(26(24)32)18-8-4-3-5-9-18/h6-7,10-15,18,23,32H,2-5,8-9,16H2,1H3,(H,29,31,33)/t23-/m0/s1. The summed E-state index contributed by atoms with van der Waals surface area (Å²) in [6.45, 7) is 2.55. The van der Waals surface area contributed by atoms with E-state index in [-0.39, 0.29) is 22.7 Å². The highest BCUT2D eigenvalue weighted by molar-refractivity contribution is 7.99. The Labute approximate surface area is 207 Å². The lowest BCUT2D eigenvalue weighted by Crippen LogP contribution is -2.36. The zero-order valence-corrected chi connectivity index (χ0v) is 20.5. The van der Waals surface area contributed by atoms with Crippen LogP contribution in [0.1, 0.15) is 67.9 Å². The van der Waals surface area contributed by atoms with Crippen molar-refractivity contribution in [1.82, 2.24) is 9.55 Å². The van der Waals surface area contributed by atoms with Crippen molar-refractivity contribution in [3.05, 3.63) is 80.5 Å². The second-order valence-electron chi connectivity index (χ2n) is 8.96. The number of fused-ring (bicyclic) bond motifs is 1. The molecule has 2 aliphatic rings. The van der Waals surface area contributed by atoms with Gasteiger partial charge in [-0.25, -0.2) is 4.79 Å². The molecule has 0 saturated heterocycles. The minimum absolute atomic E-state index is 0.0399. The van der Waals surface area contributed by atoms with E-state index < -0.39 is 11.2 Å². The molecular weight excluding hydrogens is 462 g/mol. The molecule has 1 saturated carbocycles. The number of rotatable bonds is 5. The van der Waals surface area contributed by atoms with E-state index in [0.29, 0.717) is 18.7 Å². The average Bonchev–Trinajstić information content (AvgIpc) is 3.05. The lowest BCUT2D eigenvalue weighted by atomic mass is 9.95. The Morgan fingerprint density at radius 2 is 1.83 bits per heavy atom. The van der Waals surface area contributed by atoms with Crippen molar-refractivity contribution in [2.24, 2.45) is 4.99 Å². The Hall–Kier alpha value is -3.26. The normalized spacial score (nSPS) is 18.4. The van der Waals surface area contributed by atoms with Crippen LogP contribution >= 0.6 is 11.8 Å². The highest BCUT2D eigenvalue weighted by Crippen LogP contribution is 2.46. The van der Waals surface area contributed by atoms with E-state index in [9.17, 15) is 14.7 Å². The molecule has 1 aliphatic carbocycles. The molecule has 3 aromatic rings. The van der Waals surface area contributed by atoms with Crippen LogP contribution in [-0.4, -0.2) is 27.0 Å². The van der Waals surface area contributed by atoms with E-state index in [0.717, 1.165) is 54.0 Å². The summed E-state index contributed by atoms with van der Waals surface area (Å²) in [5, 5.41) is 11.2. The van der Waals surface area contributed by atoms with Gasteiger partial charge in [0.25, 0.3) is 5.56 Å². The van der Waals surface area contributed by atoms with E-state index >= 15 is 0 Å². The first-order chi connectivity index (χ1) is 17.0. The van der Waals surface area contributed by atoms with Crippen LogP contribution in [0.25, 0.3) is 0 Å². The first-order valence-corrected chi connectivity index (χ1v) is 13.1. The molecule has 0 bridgehead atoms. The summed E-state index contributed by atoms with van der Waals surface area (Å²) in [5.41, 5.74) is 1.21. The monoisotopic (exact) mass is 491 g/mol. The molecule has 1 atom stereocenters. The summed E-state index contributed by atoms with van der Waals surface area (Å²) in [6.07, 6.45) is 5.14. The van der Waals surface area contributed by atoms with Crippen LogP contribution in [0.5, 0.6) is 11.6 Å². The minimum Gasteiger partial charge on any atom is -0.494 e. The maximum Gasteiger partial charge on any atom is 0.331 e. The van der Waals surface area contributed by atoms with Crippen molar-refractivity contribution in [1.29, 1.82) is 0 Å². The quantitative estimate of drug-likeness (QED) is 0.491. The number of thioether (sulfide) groups is 1. The molecule has 182 valence electrons. The van der Waals surface area contributed by atoms with E-state index in [1.54, 1.807) is 11.8 Å². The van der Waals surface area contributed by atoms with E-state index in [4.69, 9.17) is 9.73 Å². The maximum absolute atomic E-state index is 13.0. The van der Waals surface area contributed by atoms with Gasteiger partial charge in [-0.05, 0) is 49.6 Å². The zero-order chi connectivity index (χ0) is 24.4. The first kappa shape index (κ1) is 23.5. The van der Waals surface area contributed by atoms with Gasteiger partial charge in [0, 0.05) is 22.6 Å². The summed E-state index contributed by atoms with van der Waals surface area (Å²) in [7, 11) is 0. The van der Waals surface area contributed by atoms with Gasteiger partial charge in [0.1, 0.15) is 11.3 Å². The minimum atomic E-state index is -0.604. The van der Waals surface area contributed by atoms with Crippen LogP contribution in [0.2, 0.25) is 0 Å². The van der Waals surface area contributed by atoms with Gasteiger partial charge in [-0.1, -0.05) is 43.5 Å². The molecule has 7 nitrogen and oxygen atoms in total. The highest BCUT2D eigenvalue weighted by Gasteiger charge is 2.29. The molecule has 1 aliphatic heterocycles. The van der Waals surface area contributed by atoms with Crippen molar-refractivity contribution < 1.29 is 9.84 Å². The lowest BCUT2D eigenvalue weighted by molar-refractivity contribution is 0.298. The van der Waals surface area contributed by atoms with Gasteiger partial charge in [-0.2, -0.15) is 0 Å².